The number of phenolic OH excluding ortho intramolecular Hbond substituents is 1. The molecule has 0 aromatic heterocycles. The van der Waals surface area contributed by atoms with E-state index in [1.807, 2.05) is 12.1 Å². The summed E-state index contributed by atoms with van der Waals surface area (Å²) < 4.78 is 1.37. The van der Waals surface area contributed by atoms with Crippen LogP contribution in [0.5, 0.6) is 5.75 Å². The van der Waals surface area contributed by atoms with Crippen LogP contribution in [0.3, 0.4) is 0 Å². The fraction of sp³-hybridized carbons (Fsp3) is 0.250. The topological polar surface area (TPSA) is 32.3 Å². The van der Waals surface area contributed by atoms with Crippen molar-refractivity contribution < 1.29 is 5.11 Å². The van der Waals surface area contributed by atoms with Gasteiger partial charge in [-0.1, -0.05) is 0 Å². The Labute approximate surface area is 98.7 Å². The lowest BCUT2D eigenvalue weighted by Crippen LogP contribution is -2.04. The van der Waals surface area contributed by atoms with Gasteiger partial charge >= 0.3 is 0 Å². The third kappa shape index (κ3) is 3.13. The fourth-order valence-corrected chi connectivity index (χ4v) is 2.33. The minimum atomic E-state index is 0.225. The van der Waals surface area contributed by atoms with Crippen LogP contribution in [0.25, 0.3) is 0 Å². The molecule has 72 valence electrons. The van der Waals surface area contributed by atoms with Crippen LogP contribution in [0, 0.1) is 0 Å². The van der Waals surface area contributed by atoms with E-state index in [1.165, 1.54) is 0 Å². The molecule has 1 aromatic carbocycles. The summed E-state index contributed by atoms with van der Waals surface area (Å²) in [7, 11) is 0. The molecular weight excluding hydrogens is 321 g/mol. The smallest absolute Gasteiger partial charge is 0.143 e. The van der Waals surface area contributed by atoms with Crippen molar-refractivity contribution >= 4 is 43.6 Å². The van der Waals surface area contributed by atoms with Crippen molar-refractivity contribution in [2.75, 3.05) is 6.54 Å². The quantitative estimate of drug-likeness (QED) is 0.835. The van der Waals surface area contributed by atoms with E-state index in [9.17, 15) is 5.11 Å². The second-order valence-electron chi connectivity index (χ2n) is 2.54. The second kappa shape index (κ2) is 5.20. The fourth-order valence-electron chi connectivity index (χ4n) is 0.954. The van der Waals surface area contributed by atoms with Gasteiger partial charge in [0, 0.05) is 6.54 Å². The van der Waals surface area contributed by atoms with Gasteiger partial charge in [-0.15, -0.1) is 0 Å². The first-order chi connectivity index (χ1) is 6.15. The molecule has 2 N–H and O–H groups in total. The van der Waals surface area contributed by atoms with Gasteiger partial charge in [0.05, 0.1) is 8.95 Å². The van der Waals surface area contributed by atoms with Crippen molar-refractivity contribution in [3.8, 4) is 5.75 Å². The minimum Gasteiger partial charge on any atom is -0.506 e. The number of nitrogens with one attached hydrogen (secondary N) is 1. The molecule has 0 spiro atoms. The van der Waals surface area contributed by atoms with Gasteiger partial charge in [-0.3, -0.25) is 0 Å². The minimum absolute atomic E-state index is 0.225. The summed E-state index contributed by atoms with van der Waals surface area (Å²) in [5, 5.41) is 9.42. The maximum atomic E-state index is 9.42. The van der Waals surface area contributed by atoms with E-state index in [0.717, 1.165) is 12.0 Å². The van der Waals surface area contributed by atoms with E-state index in [2.05, 4.69) is 36.7 Å². The van der Waals surface area contributed by atoms with Gasteiger partial charge in [-0.05, 0) is 67.8 Å². The average Bonchev–Trinajstić information content (AvgIpc) is 2.10. The molecule has 0 unspecified atom stereocenters. The summed E-state index contributed by atoms with van der Waals surface area (Å²) in [6.07, 6.45) is 0.820. The highest BCUT2D eigenvalue weighted by molar-refractivity contribution is 9.11. The van der Waals surface area contributed by atoms with Crippen molar-refractivity contribution in [1.82, 2.24) is 4.84 Å². The van der Waals surface area contributed by atoms with Crippen LogP contribution in [0.4, 0.5) is 0 Å². The van der Waals surface area contributed by atoms with E-state index >= 15 is 0 Å². The summed E-state index contributed by atoms with van der Waals surface area (Å²) in [6.45, 7) is 0.700. The van der Waals surface area contributed by atoms with Gasteiger partial charge < -0.3 is 5.11 Å². The number of hydrogen-bond acceptors (Lipinski definition) is 2. The molecule has 0 atom stereocenters. The van der Waals surface area contributed by atoms with Crippen LogP contribution in [-0.4, -0.2) is 11.7 Å². The maximum absolute atomic E-state index is 9.42. The largest absolute Gasteiger partial charge is 0.506 e. The Morgan fingerprint density at radius 3 is 2.31 bits per heavy atom. The molecule has 0 fully saturated rings. The third-order valence-corrected chi connectivity index (χ3v) is 2.98. The Hall–Kier alpha value is 0.230. The number of phenols is 1. The lowest BCUT2D eigenvalue weighted by molar-refractivity contribution is 0.468. The first kappa shape index (κ1) is 11.3. The normalized spacial score (nSPS) is 10.4. The second-order valence-corrected chi connectivity index (χ2v) is 4.52. The van der Waals surface area contributed by atoms with E-state index < -0.39 is 0 Å². The lowest BCUT2D eigenvalue weighted by Gasteiger charge is -2.04. The van der Waals surface area contributed by atoms with Gasteiger partial charge in [0.2, 0.25) is 0 Å². The highest BCUT2D eigenvalue weighted by Gasteiger charge is 2.05. The molecule has 0 bridgehead atoms. The molecule has 0 saturated heterocycles. The lowest BCUT2D eigenvalue weighted by atomic mass is 10.1. The molecule has 0 aliphatic rings. The molecule has 2 nitrogen and oxygen atoms in total. The Morgan fingerprint density at radius 2 is 1.85 bits per heavy atom. The number of aromatic hydroxyl groups is 1. The summed E-state index contributed by atoms with van der Waals surface area (Å²) in [4.78, 5) is 2.55. The molecule has 1 rings (SSSR count). The Kier molecular flexibility index (Phi) is 4.52. The summed E-state index contributed by atoms with van der Waals surface area (Å²) in [6, 6.07) is 3.74. The third-order valence-electron chi connectivity index (χ3n) is 1.58. The van der Waals surface area contributed by atoms with Crippen LogP contribution in [0.2, 0.25) is 0 Å². The van der Waals surface area contributed by atoms with Crippen LogP contribution in [-0.2, 0) is 6.42 Å². The standard InChI is InChI=1S/C8H8Br2ClNO/c9-6-3-5(1-2-12-11)4-7(10)8(6)13/h3-4,12-13H,1-2H2. The van der Waals surface area contributed by atoms with Crippen molar-refractivity contribution in [3.63, 3.8) is 0 Å². The molecule has 0 radical (unpaired) electrons. The van der Waals surface area contributed by atoms with Gasteiger partial charge in [0.1, 0.15) is 5.75 Å². The van der Waals surface area contributed by atoms with Gasteiger partial charge in [-0.2, -0.15) is 0 Å². The molecule has 0 heterocycles. The number of hydrogen-bond donors (Lipinski definition) is 2. The Bertz CT molecular complexity index is 283. The van der Waals surface area contributed by atoms with E-state index in [0.29, 0.717) is 15.5 Å². The van der Waals surface area contributed by atoms with Crippen molar-refractivity contribution in [3.05, 3.63) is 26.6 Å². The molecule has 1 aromatic rings. The highest BCUT2D eigenvalue weighted by Crippen LogP contribution is 2.33. The number of rotatable bonds is 3. The van der Waals surface area contributed by atoms with E-state index in [1.54, 1.807) is 0 Å². The predicted molar refractivity (Wildman–Crippen MR) is 61.1 cm³/mol. The van der Waals surface area contributed by atoms with Crippen molar-refractivity contribution in [1.29, 1.82) is 0 Å². The molecule has 0 amide bonds. The summed E-state index contributed by atoms with van der Waals surface area (Å²) in [5.41, 5.74) is 1.10. The molecule has 0 saturated carbocycles. The zero-order valence-electron chi connectivity index (χ0n) is 6.65. The molecule has 13 heavy (non-hydrogen) atoms. The molecule has 5 heteroatoms. The Morgan fingerprint density at radius 1 is 1.31 bits per heavy atom. The highest BCUT2D eigenvalue weighted by atomic mass is 79.9. The summed E-state index contributed by atoms with van der Waals surface area (Å²) in [5.74, 6) is 0.225. The van der Waals surface area contributed by atoms with Crippen LogP contribution in [0.1, 0.15) is 5.56 Å². The zero-order valence-corrected chi connectivity index (χ0v) is 10.6. The monoisotopic (exact) mass is 327 g/mol. The van der Waals surface area contributed by atoms with Gasteiger partial charge in [0.15, 0.2) is 0 Å². The zero-order chi connectivity index (χ0) is 9.84. The van der Waals surface area contributed by atoms with E-state index in [-0.39, 0.29) is 5.75 Å². The number of benzene rings is 1. The first-order valence-corrected chi connectivity index (χ1v) is 5.62. The SMILES string of the molecule is Oc1c(Br)cc(CCNCl)cc1Br. The molecule has 0 aliphatic heterocycles. The first-order valence-electron chi connectivity index (χ1n) is 3.65. The van der Waals surface area contributed by atoms with Crippen molar-refractivity contribution in [2.45, 2.75) is 6.42 Å². The number of halogens is 3. The van der Waals surface area contributed by atoms with Crippen molar-refractivity contribution in [2.24, 2.45) is 0 Å². The molecular formula is C8H8Br2ClNO. The summed E-state index contributed by atoms with van der Waals surface area (Å²) >= 11 is 11.9. The predicted octanol–water partition coefficient (Wildman–Crippen LogP) is 3.20. The van der Waals surface area contributed by atoms with Crippen LogP contribution in [0.15, 0.2) is 21.1 Å². The van der Waals surface area contributed by atoms with Gasteiger partial charge in [0.25, 0.3) is 0 Å². The van der Waals surface area contributed by atoms with Gasteiger partial charge in [-0.25, -0.2) is 4.84 Å². The van der Waals surface area contributed by atoms with Crippen LogP contribution < -0.4 is 4.84 Å². The average molecular weight is 329 g/mol. The Balaban J connectivity index is 2.86. The van der Waals surface area contributed by atoms with E-state index in [4.69, 9.17) is 11.8 Å². The maximum Gasteiger partial charge on any atom is 0.143 e. The van der Waals surface area contributed by atoms with Crippen LogP contribution >= 0.6 is 43.6 Å². The molecule has 0 aliphatic carbocycles.